The number of rotatable bonds is 2. The van der Waals surface area contributed by atoms with Crippen molar-refractivity contribution in [2.45, 2.75) is 12.5 Å². The lowest BCUT2D eigenvalue weighted by Gasteiger charge is -2.10. The zero-order chi connectivity index (χ0) is 13.4. The van der Waals surface area contributed by atoms with Gasteiger partial charge in [0, 0.05) is 6.54 Å². The van der Waals surface area contributed by atoms with Crippen LogP contribution in [0.4, 0.5) is 0 Å². The molecule has 2 N–H and O–H groups in total. The summed E-state index contributed by atoms with van der Waals surface area (Å²) in [7, 11) is 1.34. The van der Waals surface area contributed by atoms with Gasteiger partial charge in [0.25, 0.3) is 0 Å². The largest absolute Gasteiger partial charge is 0.465 e. The number of hydrogen-bond acceptors (Lipinski definition) is 4. The van der Waals surface area contributed by atoms with Crippen LogP contribution >= 0.6 is 12.4 Å². The molecule has 1 atom stereocenters. The number of aromatic amines is 1. The number of carbonyl (C=O) groups is 1. The SMILES string of the molecule is COC(=O)c1ccc2[nH]c(=O)n([C@H]3CCNC3)c2c1.Cl. The molecule has 0 amide bonds. The van der Waals surface area contributed by atoms with E-state index in [1.807, 2.05) is 0 Å². The summed E-state index contributed by atoms with van der Waals surface area (Å²) >= 11 is 0. The third-order valence-electron chi connectivity index (χ3n) is 3.54. The number of fused-ring (bicyclic) bond motifs is 1. The molecule has 0 aliphatic carbocycles. The summed E-state index contributed by atoms with van der Waals surface area (Å²) in [5, 5.41) is 3.24. The van der Waals surface area contributed by atoms with Crippen molar-refractivity contribution in [2.24, 2.45) is 0 Å². The van der Waals surface area contributed by atoms with Gasteiger partial charge in [0.1, 0.15) is 0 Å². The molecule has 0 radical (unpaired) electrons. The smallest absolute Gasteiger partial charge is 0.337 e. The molecule has 0 unspecified atom stereocenters. The standard InChI is InChI=1S/C13H15N3O3.ClH/c1-19-12(17)8-2-3-10-11(6-8)16(13(18)15-10)9-4-5-14-7-9;/h2-3,6,9,14H,4-5,7H2,1H3,(H,15,18);1H/t9-;/m0./s1. The molecule has 1 aliphatic heterocycles. The second-order valence-corrected chi connectivity index (χ2v) is 4.67. The topological polar surface area (TPSA) is 76.1 Å². The van der Waals surface area contributed by atoms with Gasteiger partial charge in [0.15, 0.2) is 0 Å². The lowest BCUT2D eigenvalue weighted by atomic mass is 10.2. The normalized spacial score (nSPS) is 17.9. The minimum Gasteiger partial charge on any atom is -0.465 e. The van der Waals surface area contributed by atoms with Gasteiger partial charge in [-0.15, -0.1) is 12.4 Å². The van der Waals surface area contributed by atoms with Crippen LogP contribution in [0.2, 0.25) is 0 Å². The predicted molar refractivity (Wildman–Crippen MR) is 77.7 cm³/mol. The van der Waals surface area contributed by atoms with Crippen molar-refractivity contribution in [3.05, 3.63) is 34.2 Å². The maximum absolute atomic E-state index is 12.0. The van der Waals surface area contributed by atoms with Crippen LogP contribution in [0, 0.1) is 0 Å². The van der Waals surface area contributed by atoms with E-state index in [0.29, 0.717) is 5.56 Å². The number of nitrogens with one attached hydrogen (secondary N) is 2. The number of benzene rings is 1. The van der Waals surface area contributed by atoms with Gasteiger partial charge < -0.3 is 15.0 Å². The van der Waals surface area contributed by atoms with Crippen LogP contribution < -0.4 is 11.0 Å². The fraction of sp³-hybridized carbons (Fsp3) is 0.385. The number of imidazole rings is 1. The fourth-order valence-electron chi connectivity index (χ4n) is 2.59. The van der Waals surface area contributed by atoms with E-state index in [0.717, 1.165) is 30.5 Å². The van der Waals surface area contributed by atoms with E-state index in [4.69, 9.17) is 4.74 Å². The van der Waals surface area contributed by atoms with Crippen LogP contribution in [0.5, 0.6) is 0 Å². The Kier molecular flexibility index (Phi) is 4.15. The number of methoxy groups -OCH3 is 1. The van der Waals surface area contributed by atoms with Gasteiger partial charge in [-0.25, -0.2) is 9.59 Å². The minimum absolute atomic E-state index is 0. The molecular weight excluding hydrogens is 282 g/mol. The number of H-pyrrole nitrogens is 1. The minimum atomic E-state index is -0.397. The summed E-state index contributed by atoms with van der Waals surface area (Å²) in [6.07, 6.45) is 0.912. The average Bonchev–Trinajstić information content (AvgIpc) is 3.02. The van der Waals surface area contributed by atoms with E-state index in [9.17, 15) is 9.59 Å². The van der Waals surface area contributed by atoms with Crippen LogP contribution in [0.25, 0.3) is 11.0 Å². The number of esters is 1. The molecule has 0 bridgehead atoms. The van der Waals surface area contributed by atoms with Crippen LogP contribution in [-0.2, 0) is 4.74 Å². The molecule has 108 valence electrons. The van der Waals surface area contributed by atoms with Gasteiger partial charge in [0.2, 0.25) is 0 Å². The third kappa shape index (κ3) is 2.32. The zero-order valence-electron chi connectivity index (χ0n) is 11.0. The Morgan fingerprint density at radius 1 is 1.45 bits per heavy atom. The Bertz CT molecular complexity index is 686. The molecular formula is C13H16ClN3O3. The molecule has 7 heteroatoms. The monoisotopic (exact) mass is 297 g/mol. The molecule has 1 aromatic heterocycles. The predicted octanol–water partition coefficient (Wildman–Crippen LogP) is 1.07. The van der Waals surface area contributed by atoms with Gasteiger partial charge in [-0.05, 0) is 31.2 Å². The summed E-state index contributed by atoms with van der Waals surface area (Å²) in [6.45, 7) is 1.68. The summed E-state index contributed by atoms with van der Waals surface area (Å²) in [5.74, 6) is -0.397. The van der Waals surface area contributed by atoms with E-state index in [1.54, 1.807) is 22.8 Å². The highest BCUT2D eigenvalue weighted by molar-refractivity contribution is 5.93. The first-order valence-corrected chi connectivity index (χ1v) is 6.24. The maximum atomic E-state index is 12.0. The van der Waals surface area contributed by atoms with Gasteiger partial charge >= 0.3 is 11.7 Å². The van der Waals surface area contributed by atoms with Crippen molar-refractivity contribution < 1.29 is 9.53 Å². The van der Waals surface area contributed by atoms with E-state index in [2.05, 4.69) is 10.3 Å². The Labute approximate surface area is 121 Å². The van der Waals surface area contributed by atoms with Gasteiger partial charge in [-0.3, -0.25) is 4.57 Å². The zero-order valence-corrected chi connectivity index (χ0v) is 11.8. The maximum Gasteiger partial charge on any atom is 0.337 e. The van der Waals surface area contributed by atoms with E-state index in [-0.39, 0.29) is 24.1 Å². The lowest BCUT2D eigenvalue weighted by molar-refractivity contribution is 0.0601. The van der Waals surface area contributed by atoms with Crippen molar-refractivity contribution >= 4 is 29.4 Å². The third-order valence-corrected chi connectivity index (χ3v) is 3.54. The molecule has 1 aliphatic rings. The first-order chi connectivity index (χ1) is 9.20. The summed E-state index contributed by atoms with van der Waals surface area (Å²) in [6, 6.07) is 5.23. The number of hydrogen-bond donors (Lipinski definition) is 2. The number of ether oxygens (including phenoxy) is 1. The quantitative estimate of drug-likeness (QED) is 0.813. The first-order valence-electron chi connectivity index (χ1n) is 6.24. The van der Waals surface area contributed by atoms with Gasteiger partial charge in [-0.2, -0.15) is 0 Å². The molecule has 0 spiro atoms. The van der Waals surface area contributed by atoms with Crippen LogP contribution in [-0.4, -0.2) is 35.7 Å². The average molecular weight is 298 g/mol. The number of nitrogens with zero attached hydrogens (tertiary/aromatic N) is 1. The molecule has 0 saturated carbocycles. The molecule has 3 rings (SSSR count). The molecule has 1 saturated heterocycles. The molecule has 2 heterocycles. The molecule has 1 fully saturated rings. The van der Waals surface area contributed by atoms with Crippen molar-refractivity contribution in [3.8, 4) is 0 Å². The second-order valence-electron chi connectivity index (χ2n) is 4.67. The molecule has 6 nitrogen and oxygen atoms in total. The van der Waals surface area contributed by atoms with Crippen molar-refractivity contribution in [1.29, 1.82) is 0 Å². The number of halogens is 1. The van der Waals surface area contributed by atoms with E-state index in [1.165, 1.54) is 7.11 Å². The van der Waals surface area contributed by atoms with Crippen molar-refractivity contribution in [2.75, 3.05) is 20.2 Å². The van der Waals surface area contributed by atoms with Crippen LogP contribution in [0.3, 0.4) is 0 Å². The molecule has 2 aromatic rings. The summed E-state index contributed by atoms with van der Waals surface area (Å²) in [4.78, 5) is 26.4. The van der Waals surface area contributed by atoms with Crippen molar-refractivity contribution in [3.63, 3.8) is 0 Å². The molecule has 1 aromatic carbocycles. The summed E-state index contributed by atoms with van der Waals surface area (Å²) in [5.41, 5.74) is 1.81. The number of carbonyl (C=O) groups excluding carboxylic acids is 1. The Hall–Kier alpha value is -1.79. The van der Waals surface area contributed by atoms with E-state index >= 15 is 0 Å². The highest BCUT2D eigenvalue weighted by atomic mass is 35.5. The van der Waals surface area contributed by atoms with Gasteiger partial charge in [-0.1, -0.05) is 0 Å². The van der Waals surface area contributed by atoms with E-state index < -0.39 is 5.97 Å². The Morgan fingerprint density at radius 3 is 2.90 bits per heavy atom. The Balaban J connectivity index is 0.00000147. The van der Waals surface area contributed by atoms with Crippen LogP contribution in [0.15, 0.2) is 23.0 Å². The van der Waals surface area contributed by atoms with Gasteiger partial charge in [0.05, 0.1) is 29.7 Å². The van der Waals surface area contributed by atoms with Crippen LogP contribution in [0.1, 0.15) is 22.8 Å². The highest BCUT2D eigenvalue weighted by Crippen LogP contribution is 2.20. The second kappa shape index (κ2) is 5.68. The highest BCUT2D eigenvalue weighted by Gasteiger charge is 2.21. The fourth-order valence-corrected chi connectivity index (χ4v) is 2.59. The lowest BCUT2D eigenvalue weighted by Crippen LogP contribution is -2.23. The Morgan fingerprint density at radius 2 is 2.25 bits per heavy atom. The number of aromatic nitrogens is 2. The summed E-state index contributed by atoms with van der Waals surface area (Å²) < 4.78 is 6.43. The molecule has 20 heavy (non-hydrogen) atoms. The van der Waals surface area contributed by atoms with Crippen molar-refractivity contribution in [1.82, 2.24) is 14.9 Å². The first kappa shape index (κ1) is 14.6.